The van der Waals surface area contributed by atoms with Gasteiger partial charge in [0.05, 0.1) is 29.7 Å². The maximum atomic E-state index is 14.1. The molecule has 0 aromatic heterocycles. The Morgan fingerprint density at radius 2 is 1.66 bits per heavy atom. The van der Waals surface area contributed by atoms with Crippen molar-refractivity contribution in [1.82, 2.24) is 0 Å². The summed E-state index contributed by atoms with van der Waals surface area (Å²) in [5, 5.41) is 0. The third-order valence-corrected chi connectivity index (χ3v) is 5.97. The third-order valence-electron chi connectivity index (χ3n) is 5.97. The van der Waals surface area contributed by atoms with E-state index in [-0.39, 0.29) is 29.0 Å². The lowest BCUT2D eigenvalue weighted by atomic mass is 9.86. The van der Waals surface area contributed by atoms with E-state index in [9.17, 15) is 22.8 Å². The molecule has 4 rings (SSSR count). The number of halogens is 3. The molecule has 3 aromatic rings. The molecule has 2 N–H and O–H groups in total. The van der Waals surface area contributed by atoms with Crippen molar-refractivity contribution in [3.63, 3.8) is 0 Å². The van der Waals surface area contributed by atoms with Gasteiger partial charge >= 0.3 is 12.1 Å². The Balaban J connectivity index is 1.99. The normalized spacial score (nSPS) is 18.0. The highest BCUT2D eigenvalue weighted by Crippen LogP contribution is 2.45. The number of hydrogen-bond acceptors (Lipinski definition) is 5. The lowest BCUT2D eigenvalue weighted by Gasteiger charge is -2.29. The summed E-state index contributed by atoms with van der Waals surface area (Å²) in [7, 11) is 1.49. The highest BCUT2D eigenvalue weighted by Gasteiger charge is 2.44. The number of fused-ring (bicyclic) bond motifs is 1. The van der Waals surface area contributed by atoms with Crippen LogP contribution in [0.1, 0.15) is 29.5 Å². The molecule has 1 unspecified atom stereocenters. The number of nitrogen functional groups attached to an aromatic ring is 1. The van der Waals surface area contributed by atoms with Gasteiger partial charge in [0.2, 0.25) is 0 Å². The van der Waals surface area contributed by atoms with Crippen LogP contribution in [0.5, 0.6) is 5.75 Å². The van der Waals surface area contributed by atoms with Gasteiger partial charge in [-0.15, -0.1) is 0 Å². The Bertz CT molecular complexity index is 1260. The maximum Gasteiger partial charge on any atom is 0.416 e. The lowest BCUT2D eigenvalue weighted by Crippen LogP contribution is -2.41. The van der Waals surface area contributed by atoms with Crippen molar-refractivity contribution < 1.29 is 32.2 Å². The monoisotopic (exact) mass is 484 g/mol. The van der Waals surface area contributed by atoms with E-state index in [0.717, 1.165) is 17.9 Å². The number of hydrogen-bond donors (Lipinski definition) is 1. The molecule has 1 aliphatic rings. The number of ether oxygens (including phenoxy) is 2. The Kier molecular flexibility index (Phi) is 6.43. The van der Waals surface area contributed by atoms with Crippen molar-refractivity contribution in [2.45, 2.75) is 31.5 Å². The zero-order chi connectivity index (χ0) is 25.3. The summed E-state index contributed by atoms with van der Waals surface area (Å²) >= 11 is 0. The molecule has 182 valence electrons. The van der Waals surface area contributed by atoms with Crippen molar-refractivity contribution in [2.75, 3.05) is 17.7 Å². The molecule has 35 heavy (non-hydrogen) atoms. The fourth-order valence-corrected chi connectivity index (χ4v) is 4.40. The topological polar surface area (TPSA) is 81.9 Å². The van der Waals surface area contributed by atoms with Gasteiger partial charge in [-0.25, -0.2) is 0 Å². The van der Waals surface area contributed by atoms with Crippen molar-refractivity contribution in [3.8, 4) is 5.75 Å². The van der Waals surface area contributed by atoms with E-state index in [2.05, 4.69) is 0 Å². The molecule has 3 aromatic carbocycles. The molecule has 1 heterocycles. The first-order chi connectivity index (χ1) is 16.6. The largest absolute Gasteiger partial charge is 0.497 e. The Morgan fingerprint density at radius 3 is 2.26 bits per heavy atom. The fraction of sp³-hybridized carbons (Fsp3) is 0.231. The number of methoxy groups -OCH3 is 1. The van der Waals surface area contributed by atoms with Crippen LogP contribution in [-0.4, -0.2) is 25.1 Å². The fourth-order valence-electron chi connectivity index (χ4n) is 4.40. The number of nitrogens with zero attached hydrogens (tertiary/aromatic N) is 1. The molecule has 0 saturated heterocycles. The summed E-state index contributed by atoms with van der Waals surface area (Å²) in [4.78, 5) is 27.1. The number of benzene rings is 3. The van der Waals surface area contributed by atoms with E-state index >= 15 is 0 Å². The number of para-hydroxylation sites is 2. The molecule has 9 heteroatoms. The van der Waals surface area contributed by atoms with Crippen LogP contribution in [0.2, 0.25) is 0 Å². The summed E-state index contributed by atoms with van der Waals surface area (Å²) in [6.07, 6.45) is -6.27. The lowest BCUT2D eigenvalue weighted by molar-refractivity contribution is -0.154. The first kappa shape index (κ1) is 24.1. The van der Waals surface area contributed by atoms with E-state index in [1.165, 1.54) is 25.3 Å². The minimum absolute atomic E-state index is 0.0379. The van der Waals surface area contributed by atoms with Crippen LogP contribution in [-0.2, 0) is 26.9 Å². The minimum Gasteiger partial charge on any atom is -0.497 e. The van der Waals surface area contributed by atoms with Crippen LogP contribution in [0, 0.1) is 0 Å². The van der Waals surface area contributed by atoms with Crippen LogP contribution in [0.4, 0.5) is 30.2 Å². The number of nitrogens with two attached hydrogens (primary N) is 1. The summed E-state index contributed by atoms with van der Waals surface area (Å²) < 4.78 is 53.0. The smallest absolute Gasteiger partial charge is 0.416 e. The van der Waals surface area contributed by atoms with Gasteiger partial charge in [-0.2, -0.15) is 13.2 Å². The maximum absolute atomic E-state index is 14.1. The quantitative estimate of drug-likeness (QED) is 0.405. The molecule has 2 atom stereocenters. The van der Waals surface area contributed by atoms with E-state index in [1.54, 1.807) is 42.5 Å². The number of rotatable bonds is 4. The molecular formula is C26H23F3N2O4. The summed E-state index contributed by atoms with van der Waals surface area (Å²) in [6.45, 7) is 1.15. The molecule has 0 aliphatic carbocycles. The molecule has 0 saturated carbocycles. The molecule has 0 bridgehead atoms. The SMILES string of the molecule is COc1ccc(C2Cc3c(cccc3C(F)(F)F)N(c3ccccc3N)C(=O)[C@@H]2OC(C)=O)cc1. The first-order valence-electron chi connectivity index (χ1n) is 10.8. The van der Waals surface area contributed by atoms with Crippen LogP contribution in [0.15, 0.2) is 66.7 Å². The molecular weight excluding hydrogens is 461 g/mol. The molecule has 1 amide bonds. The van der Waals surface area contributed by atoms with Gasteiger partial charge in [0, 0.05) is 12.8 Å². The Labute approximate surface area is 200 Å². The number of carbonyl (C=O) groups is 2. The second-order valence-corrected chi connectivity index (χ2v) is 8.15. The van der Waals surface area contributed by atoms with Gasteiger partial charge in [-0.1, -0.05) is 30.3 Å². The van der Waals surface area contributed by atoms with Crippen LogP contribution < -0.4 is 15.4 Å². The Morgan fingerprint density at radius 1 is 1.00 bits per heavy atom. The second kappa shape index (κ2) is 9.32. The van der Waals surface area contributed by atoms with Crippen LogP contribution >= 0.6 is 0 Å². The van der Waals surface area contributed by atoms with E-state index in [4.69, 9.17) is 15.2 Å². The zero-order valence-corrected chi connectivity index (χ0v) is 19.0. The van der Waals surface area contributed by atoms with Gasteiger partial charge in [0.1, 0.15) is 5.75 Å². The zero-order valence-electron chi connectivity index (χ0n) is 19.0. The van der Waals surface area contributed by atoms with E-state index in [1.807, 2.05) is 0 Å². The second-order valence-electron chi connectivity index (χ2n) is 8.15. The number of carbonyl (C=O) groups excluding carboxylic acids is 2. The van der Waals surface area contributed by atoms with Crippen molar-refractivity contribution in [2.24, 2.45) is 0 Å². The minimum atomic E-state index is -4.67. The summed E-state index contributed by atoms with van der Waals surface area (Å²) in [5.74, 6) is -1.79. The predicted molar refractivity (Wildman–Crippen MR) is 124 cm³/mol. The highest BCUT2D eigenvalue weighted by atomic mass is 19.4. The number of alkyl halides is 3. The third kappa shape index (κ3) is 4.66. The average Bonchev–Trinajstić information content (AvgIpc) is 2.93. The first-order valence-corrected chi connectivity index (χ1v) is 10.8. The number of amides is 1. The van der Waals surface area contributed by atoms with Gasteiger partial charge in [-0.05, 0) is 53.9 Å². The van der Waals surface area contributed by atoms with E-state index < -0.39 is 35.6 Å². The Hall–Kier alpha value is -4.01. The number of anilines is 3. The number of esters is 1. The standard InChI is InChI=1S/C26H23F3N2O4/c1-15(32)35-24-18(16-10-12-17(34-2)13-11-16)14-19-20(26(27,28)29)6-5-9-22(19)31(25(24)33)23-8-4-3-7-21(23)30/h3-13,18,24H,14,30H2,1-2H3/t18?,24-/m1/s1. The van der Waals surface area contributed by atoms with Crippen molar-refractivity contribution in [1.29, 1.82) is 0 Å². The van der Waals surface area contributed by atoms with Crippen molar-refractivity contribution >= 4 is 28.9 Å². The van der Waals surface area contributed by atoms with Gasteiger partial charge in [0.15, 0.2) is 6.10 Å². The van der Waals surface area contributed by atoms with Crippen LogP contribution in [0.25, 0.3) is 0 Å². The molecule has 0 radical (unpaired) electrons. The highest BCUT2D eigenvalue weighted by molar-refractivity contribution is 6.07. The van der Waals surface area contributed by atoms with E-state index in [0.29, 0.717) is 11.3 Å². The molecule has 1 aliphatic heterocycles. The predicted octanol–water partition coefficient (Wildman–Crippen LogP) is 5.23. The summed E-state index contributed by atoms with van der Waals surface area (Å²) in [5.41, 5.74) is 6.12. The van der Waals surface area contributed by atoms with Gasteiger partial charge < -0.3 is 15.2 Å². The molecule has 0 fully saturated rings. The molecule has 0 spiro atoms. The van der Waals surface area contributed by atoms with Crippen LogP contribution in [0.3, 0.4) is 0 Å². The van der Waals surface area contributed by atoms with Gasteiger partial charge in [-0.3, -0.25) is 14.5 Å². The van der Waals surface area contributed by atoms with Crippen molar-refractivity contribution in [3.05, 3.63) is 83.4 Å². The summed E-state index contributed by atoms with van der Waals surface area (Å²) in [6, 6.07) is 16.6. The molecule has 6 nitrogen and oxygen atoms in total. The van der Waals surface area contributed by atoms with Gasteiger partial charge in [0.25, 0.3) is 5.91 Å². The average molecular weight is 484 g/mol.